The van der Waals surface area contributed by atoms with Crippen LogP contribution in [0.4, 0.5) is 0 Å². The van der Waals surface area contributed by atoms with E-state index < -0.39 is 0 Å². The van der Waals surface area contributed by atoms with Crippen LogP contribution in [0.2, 0.25) is 0 Å². The summed E-state index contributed by atoms with van der Waals surface area (Å²) in [5.41, 5.74) is 3.80. The first-order valence-corrected chi connectivity index (χ1v) is 7.12. The van der Waals surface area contributed by atoms with Crippen molar-refractivity contribution in [3.63, 3.8) is 0 Å². The normalized spacial score (nSPS) is 10.5. The Morgan fingerprint density at radius 3 is 2.47 bits per heavy atom. The SMILES string of the molecule is COc1ccc(OC)c(CNCc2cscc2C)c1. The first-order valence-electron chi connectivity index (χ1n) is 6.18. The molecule has 0 saturated carbocycles. The van der Waals surface area contributed by atoms with Crippen molar-refractivity contribution < 1.29 is 9.47 Å². The molecule has 19 heavy (non-hydrogen) atoms. The zero-order valence-electron chi connectivity index (χ0n) is 11.5. The standard InChI is InChI=1S/C15H19NO2S/c1-11-9-19-10-13(11)8-16-7-12-6-14(17-2)4-5-15(12)18-3/h4-6,9-10,16H,7-8H2,1-3H3. The highest BCUT2D eigenvalue weighted by Crippen LogP contribution is 2.24. The van der Waals surface area contributed by atoms with Crippen molar-refractivity contribution in [3.05, 3.63) is 45.6 Å². The monoisotopic (exact) mass is 277 g/mol. The number of benzene rings is 1. The van der Waals surface area contributed by atoms with Crippen molar-refractivity contribution in [2.24, 2.45) is 0 Å². The largest absolute Gasteiger partial charge is 0.497 e. The van der Waals surface area contributed by atoms with Gasteiger partial charge >= 0.3 is 0 Å². The molecule has 2 rings (SSSR count). The average molecular weight is 277 g/mol. The van der Waals surface area contributed by atoms with Gasteiger partial charge in [0.15, 0.2) is 0 Å². The molecular weight excluding hydrogens is 258 g/mol. The molecule has 2 aromatic rings. The van der Waals surface area contributed by atoms with Gasteiger partial charge < -0.3 is 14.8 Å². The van der Waals surface area contributed by atoms with Crippen LogP contribution in [0.3, 0.4) is 0 Å². The van der Waals surface area contributed by atoms with Gasteiger partial charge in [-0.25, -0.2) is 0 Å². The highest BCUT2D eigenvalue weighted by molar-refractivity contribution is 7.08. The molecule has 3 nitrogen and oxygen atoms in total. The Kier molecular flexibility index (Phi) is 4.82. The van der Waals surface area contributed by atoms with Crippen LogP contribution in [0.15, 0.2) is 29.0 Å². The Labute approximate surface area is 118 Å². The van der Waals surface area contributed by atoms with Crippen LogP contribution < -0.4 is 14.8 Å². The van der Waals surface area contributed by atoms with Crippen LogP contribution in [0.1, 0.15) is 16.7 Å². The fourth-order valence-electron chi connectivity index (χ4n) is 1.92. The number of thiophene rings is 1. The Hall–Kier alpha value is -1.52. The summed E-state index contributed by atoms with van der Waals surface area (Å²) in [5.74, 6) is 1.74. The van der Waals surface area contributed by atoms with Gasteiger partial charge in [-0.15, -0.1) is 0 Å². The van der Waals surface area contributed by atoms with Gasteiger partial charge in [-0.05, 0) is 47.0 Å². The van der Waals surface area contributed by atoms with E-state index in [0.29, 0.717) is 0 Å². The van der Waals surface area contributed by atoms with Crippen molar-refractivity contribution in [3.8, 4) is 11.5 Å². The molecule has 1 heterocycles. The van der Waals surface area contributed by atoms with Crippen molar-refractivity contribution in [2.75, 3.05) is 14.2 Å². The predicted molar refractivity (Wildman–Crippen MR) is 79.1 cm³/mol. The zero-order valence-corrected chi connectivity index (χ0v) is 12.3. The van der Waals surface area contributed by atoms with Crippen molar-refractivity contribution in [2.45, 2.75) is 20.0 Å². The molecule has 0 aliphatic carbocycles. The molecule has 0 bridgehead atoms. The summed E-state index contributed by atoms with van der Waals surface area (Å²) in [7, 11) is 3.36. The molecule has 0 radical (unpaired) electrons. The van der Waals surface area contributed by atoms with Gasteiger partial charge in [-0.1, -0.05) is 0 Å². The summed E-state index contributed by atoms with van der Waals surface area (Å²) in [6.45, 7) is 3.77. The van der Waals surface area contributed by atoms with Crippen LogP contribution in [0.5, 0.6) is 11.5 Å². The molecular formula is C15H19NO2S. The van der Waals surface area contributed by atoms with Crippen LogP contribution in [0.25, 0.3) is 0 Å². The van der Waals surface area contributed by atoms with Gasteiger partial charge in [-0.3, -0.25) is 0 Å². The fourth-order valence-corrected chi connectivity index (χ4v) is 2.78. The Morgan fingerprint density at radius 1 is 1.05 bits per heavy atom. The highest BCUT2D eigenvalue weighted by Gasteiger charge is 2.05. The maximum atomic E-state index is 5.36. The molecule has 102 valence electrons. The summed E-state index contributed by atoms with van der Waals surface area (Å²) in [4.78, 5) is 0. The Morgan fingerprint density at radius 2 is 1.84 bits per heavy atom. The van der Waals surface area contributed by atoms with Crippen molar-refractivity contribution >= 4 is 11.3 Å². The molecule has 0 spiro atoms. The molecule has 0 amide bonds. The van der Waals surface area contributed by atoms with Gasteiger partial charge in [0.05, 0.1) is 14.2 Å². The number of rotatable bonds is 6. The summed E-state index contributed by atoms with van der Waals surface area (Å²) >= 11 is 1.74. The maximum Gasteiger partial charge on any atom is 0.123 e. The van der Waals surface area contributed by atoms with Gasteiger partial charge in [-0.2, -0.15) is 11.3 Å². The quantitative estimate of drug-likeness (QED) is 0.878. The highest BCUT2D eigenvalue weighted by atomic mass is 32.1. The number of ether oxygens (including phenoxy) is 2. The fraction of sp³-hybridized carbons (Fsp3) is 0.333. The van der Waals surface area contributed by atoms with E-state index in [9.17, 15) is 0 Å². The maximum absolute atomic E-state index is 5.36. The lowest BCUT2D eigenvalue weighted by atomic mass is 10.1. The minimum absolute atomic E-state index is 0.760. The second kappa shape index (κ2) is 6.59. The first kappa shape index (κ1) is 13.9. The first-order chi connectivity index (χ1) is 9.24. The Bertz CT molecular complexity index is 537. The van der Waals surface area contributed by atoms with Crippen LogP contribution in [-0.2, 0) is 13.1 Å². The van der Waals surface area contributed by atoms with E-state index >= 15 is 0 Å². The molecule has 0 unspecified atom stereocenters. The minimum Gasteiger partial charge on any atom is -0.497 e. The number of nitrogens with one attached hydrogen (secondary N) is 1. The van der Waals surface area contributed by atoms with E-state index in [2.05, 4.69) is 23.0 Å². The lowest BCUT2D eigenvalue weighted by Gasteiger charge is -2.11. The molecule has 1 aromatic heterocycles. The van der Waals surface area contributed by atoms with E-state index in [0.717, 1.165) is 30.2 Å². The van der Waals surface area contributed by atoms with E-state index in [4.69, 9.17) is 9.47 Å². The summed E-state index contributed by atoms with van der Waals surface area (Å²) in [6, 6.07) is 5.85. The second-order valence-electron chi connectivity index (χ2n) is 4.36. The minimum atomic E-state index is 0.760. The van der Waals surface area contributed by atoms with Gasteiger partial charge in [0.25, 0.3) is 0 Å². The number of methoxy groups -OCH3 is 2. The molecule has 1 N–H and O–H groups in total. The molecule has 0 saturated heterocycles. The third-order valence-corrected chi connectivity index (χ3v) is 3.99. The van der Waals surface area contributed by atoms with Crippen LogP contribution in [0, 0.1) is 6.92 Å². The zero-order chi connectivity index (χ0) is 13.7. The van der Waals surface area contributed by atoms with E-state index in [-0.39, 0.29) is 0 Å². The van der Waals surface area contributed by atoms with Gasteiger partial charge in [0.1, 0.15) is 11.5 Å². The molecule has 0 fully saturated rings. The summed E-state index contributed by atoms with van der Waals surface area (Å²) < 4.78 is 10.6. The molecule has 0 aliphatic rings. The predicted octanol–water partition coefficient (Wildman–Crippen LogP) is 3.36. The average Bonchev–Trinajstić information content (AvgIpc) is 2.84. The van der Waals surface area contributed by atoms with Crippen molar-refractivity contribution in [1.29, 1.82) is 0 Å². The lowest BCUT2D eigenvalue weighted by molar-refractivity contribution is 0.397. The van der Waals surface area contributed by atoms with E-state index in [1.54, 1.807) is 25.6 Å². The number of hydrogen-bond donors (Lipinski definition) is 1. The molecule has 1 aromatic carbocycles. The van der Waals surface area contributed by atoms with Gasteiger partial charge in [0, 0.05) is 18.7 Å². The van der Waals surface area contributed by atoms with Crippen LogP contribution >= 0.6 is 11.3 Å². The number of hydrogen-bond acceptors (Lipinski definition) is 4. The van der Waals surface area contributed by atoms with E-state index in [1.807, 2.05) is 18.2 Å². The molecule has 0 atom stereocenters. The summed E-state index contributed by atoms with van der Waals surface area (Å²) in [6.07, 6.45) is 0. The van der Waals surface area contributed by atoms with Crippen molar-refractivity contribution in [1.82, 2.24) is 5.32 Å². The molecule has 0 aliphatic heterocycles. The van der Waals surface area contributed by atoms with Crippen LogP contribution in [-0.4, -0.2) is 14.2 Å². The molecule has 4 heteroatoms. The summed E-state index contributed by atoms with van der Waals surface area (Å²) in [5, 5.41) is 7.80. The van der Waals surface area contributed by atoms with E-state index in [1.165, 1.54) is 11.1 Å². The topological polar surface area (TPSA) is 30.5 Å². The van der Waals surface area contributed by atoms with Gasteiger partial charge in [0.2, 0.25) is 0 Å². The Balaban J connectivity index is 2.00. The lowest BCUT2D eigenvalue weighted by Crippen LogP contribution is -2.13. The number of aryl methyl sites for hydroxylation is 1. The smallest absolute Gasteiger partial charge is 0.123 e. The third-order valence-electron chi connectivity index (χ3n) is 3.08. The third kappa shape index (κ3) is 3.49. The second-order valence-corrected chi connectivity index (χ2v) is 5.10.